The number of aryl methyl sites for hydroxylation is 1. The van der Waals surface area contributed by atoms with Gasteiger partial charge in [-0.05, 0) is 24.6 Å². The molecule has 1 N–H and O–H groups in total. The third kappa shape index (κ3) is 3.96. The van der Waals surface area contributed by atoms with E-state index in [-0.39, 0.29) is 6.54 Å². The Morgan fingerprint density at radius 3 is 2.63 bits per heavy atom. The van der Waals surface area contributed by atoms with Gasteiger partial charge in [-0.15, -0.1) is 0 Å². The van der Waals surface area contributed by atoms with Crippen molar-refractivity contribution in [3.63, 3.8) is 0 Å². The van der Waals surface area contributed by atoms with E-state index in [0.29, 0.717) is 13.1 Å². The summed E-state index contributed by atoms with van der Waals surface area (Å²) in [5.74, 6) is -0.264. The lowest BCUT2D eigenvalue weighted by atomic mass is 10.1. The van der Waals surface area contributed by atoms with Crippen molar-refractivity contribution < 1.29 is 19.2 Å². The largest absolute Gasteiger partial charge is 0.544 e. The second-order valence-electron chi connectivity index (χ2n) is 4.66. The number of carboxylic acid groups (broad SMARTS) is 1. The Balaban J connectivity index is 2.09. The number of aliphatic carboxylic acids is 1. The summed E-state index contributed by atoms with van der Waals surface area (Å²) < 4.78 is 5.28. The predicted octanol–water partition coefficient (Wildman–Crippen LogP) is -0.0770. The fourth-order valence-electron chi connectivity index (χ4n) is 2.13. The summed E-state index contributed by atoms with van der Waals surface area (Å²) >= 11 is 0. The molecule has 2 aromatic rings. The molecule has 0 amide bonds. The minimum atomic E-state index is -1.05. The number of hydrogen-bond acceptors (Lipinski definition) is 3. The number of carbonyl (C=O) groups is 1. The summed E-state index contributed by atoms with van der Waals surface area (Å²) in [6, 6.07) is 11.6. The molecule has 0 saturated carbocycles. The molecule has 4 nitrogen and oxygen atoms in total. The summed E-state index contributed by atoms with van der Waals surface area (Å²) in [4.78, 5) is 11.7. The average molecular weight is 259 g/mol. The van der Waals surface area contributed by atoms with Crippen molar-refractivity contribution >= 4 is 5.97 Å². The van der Waals surface area contributed by atoms with E-state index in [1.165, 1.54) is 0 Å². The molecule has 0 bridgehead atoms. The minimum Gasteiger partial charge on any atom is -0.544 e. The number of quaternary nitrogens is 1. The van der Waals surface area contributed by atoms with Gasteiger partial charge in [0.15, 0.2) is 5.76 Å². The van der Waals surface area contributed by atoms with Crippen LogP contribution in [0.4, 0.5) is 0 Å². The van der Waals surface area contributed by atoms with Crippen molar-refractivity contribution in [3.05, 3.63) is 59.5 Å². The van der Waals surface area contributed by atoms with Gasteiger partial charge in [0.1, 0.15) is 19.6 Å². The average Bonchev–Trinajstić information content (AvgIpc) is 2.84. The number of carbonyl (C=O) groups excluding carboxylic acids is 1. The highest BCUT2D eigenvalue weighted by molar-refractivity contribution is 5.65. The van der Waals surface area contributed by atoms with Gasteiger partial charge in [0.05, 0.1) is 12.2 Å². The van der Waals surface area contributed by atoms with E-state index in [1.54, 1.807) is 12.3 Å². The molecule has 0 radical (unpaired) electrons. The number of furan rings is 1. The number of rotatable bonds is 6. The maximum absolute atomic E-state index is 10.9. The van der Waals surface area contributed by atoms with Crippen LogP contribution < -0.4 is 10.0 Å². The normalized spacial score (nSPS) is 12.3. The third-order valence-corrected chi connectivity index (χ3v) is 3.10. The van der Waals surface area contributed by atoms with E-state index in [1.807, 2.05) is 37.3 Å². The van der Waals surface area contributed by atoms with E-state index in [2.05, 4.69) is 0 Å². The van der Waals surface area contributed by atoms with E-state index in [0.717, 1.165) is 21.8 Å². The summed E-state index contributed by atoms with van der Waals surface area (Å²) in [7, 11) is 0. The zero-order valence-electron chi connectivity index (χ0n) is 10.9. The lowest BCUT2D eigenvalue weighted by Crippen LogP contribution is -3.10. The van der Waals surface area contributed by atoms with Crippen LogP contribution in [0.15, 0.2) is 47.1 Å². The van der Waals surface area contributed by atoms with Crippen LogP contribution in [0.1, 0.15) is 16.9 Å². The first-order valence-corrected chi connectivity index (χ1v) is 6.25. The molecule has 1 heterocycles. The van der Waals surface area contributed by atoms with Gasteiger partial charge in [0, 0.05) is 5.56 Å². The van der Waals surface area contributed by atoms with Crippen LogP contribution in [0.5, 0.6) is 0 Å². The zero-order valence-corrected chi connectivity index (χ0v) is 10.9. The number of benzene rings is 1. The van der Waals surface area contributed by atoms with Crippen LogP contribution in [0.2, 0.25) is 0 Å². The van der Waals surface area contributed by atoms with Crippen LogP contribution in [-0.2, 0) is 17.9 Å². The second kappa shape index (κ2) is 6.20. The molecule has 1 atom stereocenters. The summed E-state index contributed by atoms with van der Waals surface area (Å²) in [5, 5.41) is 10.9. The number of nitrogens with one attached hydrogen (secondary N) is 1. The maximum atomic E-state index is 10.9. The maximum Gasteiger partial charge on any atom is 0.157 e. The molecule has 100 valence electrons. The Bertz CT molecular complexity index is 534. The van der Waals surface area contributed by atoms with Crippen molar-refractivity contribution in [2.75, 3.05) is 6.54 Å². The summed E-state index contributed by atoms with van der Waals surface area (Å²) in [5.41, 5.74) is 2.31. The molecule has 1 unspecified atom stereocenters. The molecule has 0 spiro atoms. The molecule has 1 aromatic carbocycles. The molecule has 19 heavy (non-hydrogen) atoms. The van der Waals surface area contributed by atoms with Crippen molar-refractivity contribution in [2.45, 2.75) is 20.0 Å². The Labute approximate surface area is 112 Å². The van der Waals surface area contributed by atoms with Gasteiger partial charge in [-0.2, -0.15) is 0 Å². The fraction of sp³-hybridized carbons (Fsp3) is 0.267. The molecule has 1 aromatic heterocycles. The fourth-order valence-corrected chi connectivity index (χ4v) is 2.13. The molecule has 2 rings (SSSR count). The predicted molar refractivity (Wildman–Crippen MR) is 68.1 cm³/mol. The third-order valence-electron chi connectivity index (χ3n) is 3.10. The van der Waals surface area contributed by atoms with Gasteiger partial charge in [-0.3, -0.25) is 0 Å². The van der Waals surface area contributed by atoms with Gasteiger partial charge in [-0.1, -0.05) is 24.3 Å². The van der Waals surface area contributed by atoms with Gasteiger partial charge < -0.3 is 19.2 Å². The summed E-state index contributed by atoms with van der Waals surface area (Å²) in [6.45, 7) is 3.17. The Hall–Kier alpha value is -2.07. The van der Waals surface area contributed by atoms with E-state index >= 15 is 0 Å². The number of hydrogen-bond donors (Lipinski definition) is 1. The molecule has 0 aliphatic rings. The molecule has 0 fully saturated rings. The second-order valence-corrected chi connectivity index (χ2v) is 4.66. The highest BCUT2D eigenvalue weighted by Crippen LogP contribution is 2.05. The van der Waals surface area contributed by atoms with Crippen molar-refractivity contribution in [3.8, 4) is 0 Å². The highest BCUT2D eigenvalue weighted by Gasteiger charge is 2.13. The van der Waals surface area contributed by atoms with Gasteiger partial charge in [-0.25, -0.2) is 0 Å². The summed E-state index contributed by atoms with van der Waals surface area (Å²) in [6.07, 6.45) is 1.60. The molecule has 0 aliphatic carbocycles. The number of carboxylic acids is 1. The van der Waals surface area contributed by atoms with Crippen molar-refractivity contribution in [1.82, 2.24) is 0 Å². The quantitative estimate of drug-likeness (QED) is 0.789. The van der Waals surface area contributed by atoms with Crippen LogP contribution in [0, 0.1) is 6.92 Å². The zero-order chi connectivity index (χ0) is 13.7. The Kier molecular flexibility index (Phi) is 4.36. The van der Waals surface area contributed by atoms with Crippen LogP contribution >= 0.6 is 0 Å². The monoisotopic (exact) mass is 259 g/mol. The van der Waals surface area contributed by atoms with Crippen LogP contribution in [0.25, 0.3) is 0 Å². The van der Waals surface area contributed by atoms with Crippen LogP contribution in [-0.4, -0.2) is 12.5 Å². The van der Waals surface area contributed by atoms with Gasteiger partial charge >= 0.3 is 0 Å². The van der Waals surface area contributed by atoms with Crippen molar-refractivity contribution in [1.29, 1.82) is 0 Å². The van der Waals surface area contributed by atoms with E-state index in [9.17, 15) is 9.90 Å². The lowest BCUT2D eigenvalue weighted by Gasteiger charge is -2.19. The highest BCUT2D eigenvalue weighted by atomic mass is 16.4. The Morgan fingerprint density at radius 1 is 1.21 bits per heavy atom. The topological polar surface area (TPSA) is 57.7 Å². The van der Waals surface area contributed by atoms with Crippen molar-refractivity contribution in [2.24, 2.45) is 0 Å². The molecule has 0 aliphatic heterocycles. The lowest BCUT2D eigenvalue weighted by molar-refractivity contribution is -0.922. The van der Waals surface area contributed by atoms with Gasteiger partial charge in [0.25, 0.3) is 0 Å². The first-order valence-electron chi connectivity index (χ1n) is 6.25. The van der Waals surface area contributed by atoms with E-state index in [4.69, 9.17) is 4.42 Å². The molecular formula is C15H17NO3. The SMILES string of the molecule is Cc1ccccc1C[NH+](CC(=O)[O-])Cc1ccco1. The first kappa shape index (κ1) is 13.4. The molecule has 0 saturated heterocycles. The van der Waals surface area contributed by atoms with E-state index < -0.39 is 5.97 Å². The smallest absolute Gasteiger partial charge is 0.157 e. The van der Waals surface area contributed by atoms with Crippen LogP contribution in [0.3, 0.4) is 0 Å². The molecular weight excluding hydrogens is 242 g/mol. The molecule has 4 heteroatoms. The standard InChI is InChI=1S/C15H17NO3/c1-12-5-2-3-6-13(12)9-16(11-15(17)18)10-14-7-4-8-19-14/h2-8H,9-11H2,1H3,(H,17,18). The Morgan fingerprint density at radius 2 is 2.00 bits per heavy atom. The first-order chi connectivity index (χ1) is 9.15. The van der Waals surface area contributed by atoms with Gasteiger partial charge in [0.2, 0.25) is 0 Å². The minimum absolute atomic E-state index is 0.0327.